The monoisotopic (exact) mass is 455 g/mol. The normalized spacial score (nSPS) is 11.0. The predicted octanol–water partition coefficient (Wildman–Crippen LogP) is 3.92. The number of amides is 1. The van der Waals surface area contributed by atoms with Gasteiger partial charge in [0.05, 0.1) is 17.4 Å². The fourth-order valence-electron chi connectivity index (χ4n) is 3.99. The Morgan fingerprint density at radius 2 is 1.41 bits per heavy atom. The Bertz CT molecular complexity index is 1410. The summed E-state index contributed by atoms with van der Waals surface area (Å²) in [5.74, 6) is -0.102. The van der Waals surface area contributed by atoms with Crippen LogP contribution in [-0.2, 0) is 24.4 Å². The average molecular weight is 456 g/mol. The van der Waals surface area contributed by atoms with Crippen LogP contribution >= 0.6 is 0 Å². The van der Waals surface area contributed by atoms with E-state index in [2.05, 4.69) is 5.32 Å². The van der Waals surface area contributed by atoms with Crippen LogP contribution in [0, 0.1) is 13.8 Å². The second kappa shape index (κ2) is 10.3. The van der Waals surface area contributed by atoms with Crippen molar-refractivity contribution in [1.29, 1.82) is 0 Å². The third-order valence-electron chi connectivity index (χ3n) is 5.99. The fraction of sp³-hybridized carbons (Fsp3) is 0.250. The first-order chi connectivity index (χ1) is 16.4. The van der Waals surface area contributed by atoms with Crippen LogP contribution in [0.4, 0.5) is 0 Å². The maximum atomic E-state index is 13.3. The Hall–Kier alpha value is -3.93. The van der Waals surface area contributed by atoms with Crippen LogP contribution in [0.2, 0.25) is 0 Å². The van der Waals surface area contributed by atoms with Gasteiger partial charge in [-0.05, 0) is 43.5 Å². The highest BCUT2D eigenvalue weighted by atomic mass is 16.2. The Labute approximate surface area is 198 Å². The van der Waals surface area contributed by atoms with Crippen molar-refractivity contribution < 1.29 is 4.79 Å². The van der Waals surface area contributed by atoms with Crippen molar-refractivity contribution in [2.45, 2.75) is 46.3 Å². The highest BCUT2D eigenvalue weighted by Crippen LogP contribution is 2.11. The zero-order valence-corrected chi connectivity index (χ0v) is 19.6. The largest absolute Gasteiger partial charge is 0.352 e. The Morgan fingerprint density at radius 3 is 2.09 bits per heavy atom. The third kappa shape index (κ3) is 5.34. The number of aryl methyl sites for hydroxylation is 2. The van der Waals surface area contributed by atoms with Gasteiger partial charge in [-0.25, -0.2) is 4.79 Å². The molecule has 0 aliphatic heterocycles. The SMILES string of the molecule is Cc1ccc(CNC(=O)CCCn2c(=O)c3ccccc3n(Cc3ccc(C)cc3)c2=O)cc1. The minimum absolute atomic E-state index is 0.102. The maximum absolute atomic E-state index is 13.3. The number of nitrogens with one attached hydrogen (secondary N) is 1. The molecule has 0 atom stereocenters. The number of rotatable bonds is 8. The van der Waals surface area contributed by atoms with Crippen molar-refractivity contribution >= 4 is 16.8 Å². The van der Waals surface area contributed by atoms with Crippen molar-refractivity contribution in [3.63, 3.8) is 0 Å². The topological polar surface area (TPSA) is 73.1 Å². The summed E-state index contributed by atoms with van der Waals surface area (Å²) in [6.07, 6.45) is 0.639. The number of carbonyl (C=O) groups is 1. The van der Waals surface area contributed by atoms with Crippen molar-refractivity contribution in [3.8, 4) is 0 Å². The van der Waals surface area contributed by atoms with Crippen LogP contribution in [0.1, 0.15) is 35.1 Å². The van der Waals surface area contributed by atoms with Gasteiger partial charge in [-0.2, -0.15) is 0 Å². The van der Waals surface area contributed by atoms with Gasteiger partial charge in [-0.3, -0.25) is 18.7 Å². The number of benzene rings is 3. The third-order valence-corrected chi connectivity index (χ3v) is 5.99. The molecule has 0 aliphatic carbocycles. The summed E-state index contributed by atoms with van der Waals surface area (Å²) in [4.78, 5) is 38.7. The van der Waals surface area contributed by atoms with E-state index in [4.69, 9.17) is 0 Å². The van der Waals surface area contributed by atoms with E-state index in [1.807, 2.05) is 68.4 Å². The minimum atomic E-state index is -0.357. The molecule has 0 fully saturated rings. The van der Waals surface area contributed by atoms with Crippen LogP contribution in [-0.4, -0.2) is 15.0 Å². The summed E-state index contributed by atoms with van der Waals surface area (Å²) < 4.78 is 2.89. The zero-order valence-electron chi connectivity index (χ0n) is 19.6. The maximum Gasteiger partial charge on any atom is 0.331 e. The first-order valence-electron chi connectivity index (χ1n) is 11.5. The number of carbonyl (C=O) groups excluding carboxylic acids is 1. The average Bonchev–Trinajstić information content (AvgIpc) is 2.84. The van der Waals surface area contributed by atoms with Crippen LogP contribution < -0.4 is 16.6 Å². The van der Waals surface area contributed by atoms with Gasteiger partial charge < -0.3 is 5.32 Å². The van der Waals surface area contributed by atoms with E-state index in [1.54, 1.807) is 22.8 Å². The first kappa shape index (κ1) is 23.2. The summed E-state index contributed by atoms with van der Waals surface area (Å²) in [6.45, 7) is 5.05. The molecule has 1 amide bonds. The standard InChI is InChI=1S/C28H29N3O3/c1-20-9-13-22(14-10-20)18-29-26(32)8-5-17-30-27(33)24-6-3-4-7-25(24)31(28(30)34)19-23-15-11-21(2)12-16-23/h3-4,6-7,9-16H,5,8,17-19H2,1-2H3,(H,29,32). The lowest BCUT2D eigenvalue weighted by molar-refractivity contribution is -0.121. The van der Waals surface area contributed by atoms with Crippen LogP contribution in [0.3, 0.4) is 0 Å². The second-order valence-corrected chi connectivity index (χ2v) is 8.69. The molecular weight excluding hydrogens is 426 g/mol. The second-order valence-electron chi connectivity index (χ2n) is 8.69. The van der Waals surface area contributed by atoms with E-state index >= 15 is 0 Å². The molecular formula is C28H29N3O3. The molecule has 0 saturated heterocycles. The van der Waals surface area contributed by atoms with Crippen LogP contribution in [0.15, 0.2) is 82.4 Å². The molecule has 0 aliphatic rings. The smallest absolute Gasteiger partial charge is 0.331 e. The number of para-hydroxylation sites is 1. The Morgan fingerprint density at radius 1 is 0.794 bits per heavy atom. The molecule has 4 aromatic rings. The van der Waals surface area contributed by atoms with E-state index in [9.17, 15) is 14.4 Å². The lowest BCUT2D eigenvalue weighted by Crippen LogP contribution is -2.40. The molecule has 0 unspecified atom stereocenters. The van der Waals surface area contributed by atoms with E-state index < -0.39 is 0 Å². The van der Waals surface area contributed by atoms with Crippen LogP contribution in [0.25, 0.3) is 10.9 Å². The molecule has 34 heavy (non-hydrogen) atoms. The Kier molecular flexibility index (Phi) is 7.07. The highest BCUT2D eigenvalue weighted by molar-refractivity contribution is 5.78. The molecule has 174 valence electrons. The van der Waals surface area contributed by atoms with Gasteiger partial charge >= 0.3 is 5.69 Å². The van der Waals surface area contributed by atoms with Crippen molar-refractivity contribution in [1.82, 2.24) is 14.5 Å². The first-order valence-corrected chi connectivity index (χ1v) is 11.5. The summed E-state index contributed by atoms with van der Waals surface area (Å²) in [7, 11) is 0. The number of fused-ring (bicyclic) bond motifs is 1. The molecule has 0 spiro atoms. The highest BCUT2D eigenvalue weighted by Gasteiger charge is 2.13. The van der Waals surface area contributed by atoms with Gasteiger partial charge in [-0.15, -0.1) is 0 Å². The molecule has 1 N–H and O–H groups in total. The van der Waals surface area contributed by atoms with Gasteiger partial charge in [0, 0.05) is 19.5 Å². The Balaban J connectivity index is 1.50. The number of aromatic nitrogens is 2. The van der Waals surface area contributed by atoms with E-state index in [1.165, 1.54) is 10.1 Å². The lowest BCUT2D eigenvalue weighted by atomic mass is 10.1. The molecule has 0 saturated carbocycles. The van der Waals surface area contributed by atoms with Crippen molar-refractivity contribution in [2.75, 3.05) is 0 Å². The molecule has 0 bridgehead atoms. The molecule has 6 heteroatoms. The van der Waals surface area contributed by atoms with E-state index in [-0.39, 0.29) is 30.1 Å². The van der Waals surface area contributed by atoms with Crippen molar-refractivity contribution in [3.05, 3.63) is 116 Å². The van der Waals surface area contributed by atoms with E-state index in [0.29, 0.717) is 30.4 Å². The number of nitrogens with zero attached hydrogens (tertiary/aromatic N) is 2. The summed E-state index contributed by atoms with van der Waals surface area (Å²) in [6, 6.07) is 23.2. The predicted molar refractivity (Wildman–Crippen MR) is 135 cm³/mol. The van der Waals surface area contributed by atoms with E-state index in [0.717, 1.165) is 16.7 Å². The van der Waals surface area contributed by atoms with Gasteiger partial charge in [0.2, 0.25) is 5.91 Å². The minimum Gasteiger partial charge on any atom is -0.352 e. The quantitative estimate of drug-likeness (QED) is 0.438. The number of hydrogen-bond donors (Lipinski definition) is 1. The van der Waals surface area contributed by atoms with Gasteiger partial charge in [0.15, 0.2) is 0 Å². The van der Waals surface area contributed by atoms with Gasteiger partial charge in [-0.1, -0.05) is 71.8 Å². The molecule has 6 nitrogen and oxygen atoms in total. The van der Waals surface area contributed by atoms with Gasteiger partial charge in [0.25, 0.3) is 5.56 Å². The zero-order chi connectivity index (χ0) is 24.1. The number of hydrogen-bond acceptors (Lipinski definition) is 3. The molecule has 1 heterocycles. The molecule has 4 rings (SSSR count). The van der Waals surface area contributed by atoms with Crippen molar-refractivity contribution in [2.24, 2.45) is 0 Å². The van der Waals surface area contributed by atoms with Gasteiger partial charge in [0.1, 0.15) is 0 Å². The molecule has 1 aromatic heterocycles. The summed E-state index contributed by atoms with van der Waals surface area (Å²) in [5.41, 5.74) is 4.27. The van der Waals surface area contributed by atoms with Crippen LogP contribution in [0.5, 0.6) is 0 Å². The summed E-state index contributed by atoms with van der Waals surface area (Å²) in [5, 5.41) is 3.40. The summed E-state index contributed by atoms with van der Waals surface area (Å²) >= 11 is 0. The lowest BCUT2D eigenvalue weighted by Gasteiger charge is -2.14. The molecule has 0 radical (unpaired) electrons. The fourth-order valence-corrected chi connectivity index (χ4v) is 3.99. The molecule has 3 aromatic carbocycles.